The third kappa shape index (κ3) is 16.1. The lowest BCUT2D eigenvalue weighted by molar-refractivity contribution is -0.132. The summed E-state index contributed by atoms with van der Waals surface area (Å²) in [6.45, 7) is 7.65. The zero-order valence-electron chi connectivity index (χ0n) is 34.5. The summed E-state index contributed by atoms with van der Waals surface area (Å²) in [7, 11) is 0. The summed E-state index contributed by atoms with van der Waals surface area (Å²) < 4.78 is 0. The first kappa shape index (κ1) is 46.3. The summed E-state index contributed by atoms with van der Waals surface area (Å²) in [6.07, 6.45) is 11.3. The van der Waals surface area contributed by atoms with Crippen molar-refractivity contribution in [2.45, 2.75) is 135 Å². The average Bonchev–Trinajstić information content (AvgIpc) is 3.54. The maximum atomic E-state index is 14.5. The first-order valence-corrected chi connectivity index (χ1v) is 21.0. The summed E-state index contributed by atoms with van der Waals surface area (Å²) >= 11 is 0. The first-order chi connectivity index (χ1) is 27.5. The predicted molar refractivity (Wildman–Crippen MR) is 231 cm³/mol. The van der Waals surface area contributed by atoms with Crippen molar-refractivity contribution in [3.8, 4) is 0 Å². The number of aryl methyl sites for hydroxylation is 3. The van der Waals surface area contributed by atoms with Crippen LogP contribution in [0, 0.1) is 10.8 Å². The van der Waals surface area contributed by atoms with Crippen molar-refractivity contribution >= 4 is 40.5 Å². The Morgan fingerprint density at radius 2 is 1.28 bits per heavy atom. The van der Waals surface area contributed by atoms with Crippen LogP contribution in [0.1, 0.15) is 113 Å². The van der Waals surface area contributed by atoms with Gasteiger partial charge in [-0.2, -0.15) is 0 Å². The highest BCUT2D eigenvalue weighted by molar-refractivity contribution is 5.94. The number of hydrogen-bond acceptors (Lipinski definition) is 6. The minimum Gasteiger partial charge on any atom is -0.370 e. The molecule has 0 saturated carbocycles. The maximum absolute atomic E-state index is 14.5. The minimum atomic E-state index is -1.04. The summed E-state index contributed by atoms with van der Waals surface area (Å²) in [5.74, 6) is -1.63. The Balaban J connectivity index is 2.00. The SMILES string of the molecule is CCCCc1cc(CCCC)c2[nH]c(CCCC)c(CC(NC(=O)C(N)CCCNC(=N)N)C(=O)NC(CCCNC(=N)N)C(=O)NCCc3ccccc3)c2c1. The number of carbonyl (C=O) groups is 3. The van der Waals surface area contributed by atoms with E-state index < -0.39 is 29.9 Å². The topological polar surface area (TPSA) is 253 Å². The number of aromatic nitrogens is 1. The number of nitrogens with one attached hydrogen (secondary N) is 8. The van der Waals surface area contributed by atoms with Crippen molar-refractivity contribution in [3.05, 3.63) is 70.4 Å². The summed E-state index contributed by atoms with van der Waals surface area (Å²) in [5.41, 5.74) is 24.0. The molecule has 3 rings (SSSR count). The Hall–Kier alpha value is -5.11. The summed E-state index contributed by atoms with van der Waals surface area (Å²) in [4.78, 5) is 45.7. The van der Waals surface area contributed by atoms with E-state index >= 15 is 0 Å². The van der Waals surface area contributed by atoms with Gasteiger partial charge >= 0.3 is 0 Å². The van der Waals surface area contributed by atoms with Crippen molar-refractivity contribution in [1.29, 1.82) is 10.8 Å². The standard InChI is InChI=1S/C43H69N11O3/c1-4-7-15-30-26-31(18-8-5-2)38-33(27-30)32(35(52-38)20-9-6-3)28-37(54-39(55)34(44)19-13-23-50-42(45)46)41(57)53-36(21-14-24-51-43(47)48)40(56)49-25-22-29-16-11-10-12-17-29/h10-12,16-17,26-27,34,36-37,52H,4-9,13-15,18-25,28,44H2,1-3H3,(H,49,56)(H,53,57)(H,54,55)(H4,45,46,50)(H4,47,48,51). The van der Waals surface area contributed by atoms with Gasteiger partial charge in [-0.1, -0.05) is 76.4 Å². The molecule has 14 nitrogen and oxygen atoms in total. The van der Waals surface area contributed by atoms with Gasteiger partial charge in [0.15, 0.2) is 11.9 Å². The highest BCUT2D eigenvalue weighted by atomic mass is 16.2. The quantitative estimate of drug-likeness (QED) is 0.0306. The van der Waals surface area contributed by atoms with Gasteiger partial charge in [0.1, 0.15) is 12.1 Å². The monoisotopic (exact) mass is 788 g/mol. The van der Waals surface area contributed by atoms with Crippen LogP contribution < -0.4 is 43.8 Å². The molecular weight excluding hydrogens is 719 g/mol. The average molecular weight is 788 g/mol. The fourth-order valence-electron chi connectivity index (χ4n) is 6.97. The molecule has 0 aliphatic rings. The van der Waals surface area contributed by atoms with Gasteiger partial charge in [0.2, 0.25) is 17.7 Å². The number of carbonyl (C=O) groups excluding carboxylic acids is 3. The van der Waals surface area contributed by atoms with Crippen LogP contribution in [0.5, 0.6) is 0 Å². The Kier molecular flexibility index (Phi) is 20.5. The number of guanidine groups is 2. The van der Waals surface area contributed by atoms with E-state index in [1.165, 1.54) is 11.1 Å². The molecule has 0 spiro atoms. The number of benzene rings is 2. The molecule has 1 heterocycles. The van der Waals surface area contributed by atoms with Crippen LogP contribution in [-0.4, -0.2) is 72.4 Å². The van der Waals surface area contributed by atoms with Crippen LogP contribution in [0.3, 0.4) is 0 Å². The zero-order chi connectivity index (χ0) is 41.6. The molecule has 3 amide bonds. The zero-order valence-corrected chi connectivity index (χ0v) is 34.5. The van der Waals surface area contributed by atoms with Gasteiger partial charge in [-0.15, -0.1) is 0 Å². The number of unbranched alkanes of at least 4 members (excludes halogenated alkanes) is 3. The molecule has 1 aromatic heterocycles. The first-order valence-electron chi connectivity index (χ1n) is 21.0. The molecule has 0 fully saturated rings. The number of fused-ring (bicyclic) bond motifs is 1. The van der Waals surface area contributed by atoms with Crippen LogP contribution in [0.4, 0.5) is 0 Å². The van der Waals surface area contributed by atoms with E-state index in [0.717, 1.165) is 85.5 Å². The van der Waals surface area contributed by atoms with Gasteiger partial charge in [0.25, 0.3) is 0 Å². The molecule has 3 unspecified atom stereocenters. The molecule has 0 saturated heterocycles. The van der Waals surface area contributed by atoms with E-state index in [1.807, 2.05) is 30.3 Å². The Bertz CT molecular complexity index is 1730. The Morgan fingerprint density at radius 1 is 0.667 bits per heavy atom. The fraction of sp³-hybridized carbons (Fsp3) is 0.558. The molecule has 0 aliphatic carbocycles. The molecular formula is C43H69N11O3. The minimum absolute atomic E-state index is 0.159. The van der Waals surface area contributed by atoms with Gasteiger partial charge in [-0.05, 0) is 98.9 Å². The number of H-pyrrole nitrogens is 1. The number of amides is 3. The number of nitrogens with two attached hydrogens (primary N) is 3. The van der Waals surface area contributed by atoms with Gasteiger partial charge in [0, 0.05) is 42.7 Å². The third-order valence-electron chi connectivity index (χ3n) is 10.2. The van der Waals surface area contributed by atoms with E-state index in [1.54, 1.807) is 0 Å². The van der Waals surface area contributed by atoms with Gasteiger partial charge in [-0.3, -0.25) is 25.2 Å². The smallest absolute Gasteiger partial charge is 0.243 e. The molecule has 0 bridgehead atoms. The van der Waals surface area contributed by atoms with Crippen LogP contribution in [0.25, 0.3) is 10.9 Å². The fourth-order valence-corrected chi connectivity index (χ4v) is 6.97. The number of aromatic amines is 1. The lowest BCUT2D eigenvalue weighted by atomic mass is 9.94. The van der Waals surface area contributed by atoms with Crippen molar-refractivity contribution in [2.24, 2.45) is 17.2 Å². The number of hydrogen-bond donors (Lipinski definition) is 11. The molecule has 14 heteroatoms. The number of rotatable bonds is 27. The second-order valence-electron chi connectivity index (χ2n) is 15.0. The van der Waals surface area contributed by atoms with E-state index in [4.69, 9.17) is 28.0 Å². The van der Waals surface area contributed by atoms with Gasteiger partial charge in [0.05, 0.1) is 6.04 Å². The van der Waals surface area contributed by atoms with Crippen LogP contribution >= 0.6 is 0 Å². The third-order valence-corrected chi connectivity index (χ3v) is 10.2. The molecule has 2 aromatic carbocycles. The summed E-state index contributed by atoms with van der Waals surface area (Å²) in [5, 5.41) is 30.4. The summed E-state index contributed by atoms with van der Waals surface area (Å²) in [6, 6.07) is 11.6. The van der Waals surface area contributed by atoms with Crippen molar-refractivity contribution < 1.29 is 14.4 Å². The molecule has 0 radical (unpaired) electrons. The van der Waals surface area contributed by atoms with Crippen LogP contribution in [-0.2, 0) is 46.5 Å². The van der Waals surface area contributed by atoms with Gasteiger partial charge < -0.3 is 48.8 Å². The van der Waals surface area contributed by atoms with Gasteiger partial charge in [-0.25, -0.2) is 0 Å². The van der Waals surface area contributed by atoms with Crippen molar-refractivity contribution in [2.75, 3.05) is 19.6 Å². The molecule has 14 N–H and O–H groups in total. The van der Waals surface area contributed by atoms with E-state index in [9.17, 15) is 14.4 Å². The van der Waals surface area contributed by atoms with E-state index in [-0.39, 0.29) is 30.7 Å². The molecule has 57 heavy (non-hydrogen) atoms. The lowest BCUT2D eigenvalue weighted by Gasteiger charge is -2.25. The molecule has 3 atom stereocenters. The van der Waals surface area contributed by atoms with Crippen LogP contribution in [0.2, 0.25) is 0 Å². The Morgan fingerprint density at radius 3 is 1.93 bits per heavy atom. The van der Waals surface area contributed by atoms with Crippen molar-refractivity contribution in [1.82, 2.24) is 31.6 Å². The van der Waals surface area contributed by atoms with Crippen LogP contribution in [0.15, 0.2) is 42.5 Å². The Labute approximate surface area is 339 Å². The normalized spacial score (nSPS) is 12.7. The molecule has 314 valence electrons. The van der Waals surface area contributed by atoms with E-state index in [2.05, 4.69) is 64.5 Å². The molecule has 0 aliphatic heterocycles. The second-order valence-corrected chi connectivity index (χ2v) is 15.0. The highest BCUT2D eigenvalue weighted by Crippen LogP contribution is 2.31. The largest absolute Gasteiger partial charge is 0.370 e. The highest BCUT2D eigenvalue weighted by Gasteiger charge is 2.30. The second kappa shape index (κ2) is 25.2. The maximum Gasteiger partial charge on any atom is 0.243 e. The molecule has 3 aromatic rings. The lowest BCUT2D eigenvalue weighted by Crippen LogP contribution is -2.56. The predicted octanol–water partition coefficient (Wildman–Crippen LogP) is 3.92. The van der Waals surface area contributed by atoms with Crippen molar-refractivity contribution in [3.63, 3.8) is 0 Å². The van der Waals surface area contributed by atoms with E-state index in [0.29, 0.717) is 45.3 Å².